The average Bonchev–Trinajstić information content (AvgIpc) is 2.81. The van der Waals surface area contributed by atoms with E-state index in [2.05, 4.69) is 31.7 Å². The second kappa shape index (κ2) is 10.8. The number of alkyl halides is 3. The second-order valence-corrected chi connectivity index (χ2v) is 8.99. The molecule has 0 radical (unpaired) electrons. The summed E-state index contributed by atoms with van der Waals surface area (Å²) in [5.74, 6) is 0.641. The van der Waals surface area contributed by atoms with Crippen molar-refractivity contribution in [2.75, 3.05) is 32.7 Å². The SMILES string of the molecule is Cc1c(OC(C)CCN)ccc(C(C)N2CCN(C(=O)c3ccc(C(F)(F)F)cc3)CC2)c1C. The Morgan fingerprint density at radius 2 is 1.62 bits per heavy atom. The number of nitrogens with zero attached hydrogens (tertiary/aromatic N) is 2. The minimum absolute atomic E-state index is 0.0571. The van der Waals surface area contributed by atoms with Crippen LogP contribution in [0.15, 0.2) is 36.4 Å². The van der Waals surface area contributed by atoms with Crippen molar-refractivity contribution in [3.63, 3.8) is 0 Å². The van der Waals surface area contributed by atoms with E-state index in [9.17, 15) is 18.0 Å². The average molecular weight is 478 g/mol. The molecule has 3 rings (SSSR count). The van der Waals surface area contributed by atoms with Crippen LogP contribution in [0.5, 0.6) is 5.75 Å². The van der Waals surface area contributed by atoms with Crippen LogP contribution in [-0.2, 0) is 6.18 Å². The second-order valence-electron chi connectivity index (χ2n) is 8.99. The summed E-state index contributed by atoms with van der Waals surface area (Å²) in [5.41, 5.74) is 8.68. The lowest BCUT2D eigenvalue weighted by Crippen LogP contribution is -2.49. The van der Waals surface area contributed by atoms with Gasteiger partial charge in [0.15, 0.2) is 0 Å². The predicted octanol–water partition coefficient (Wildman–Crippen LogP) is 4.96. The highest BCUT2D eigenvalue weighted by molar-refractivity contribution is 5.94. The van der Waals surface area contributed by atoms with E-state index in [1.807, 2.05) is 13.0 Å². The first-order valence-electron chi connectivity index (χ1n) is 11.7. The third-order valence-electron chi connectivity index (χ3n) is 6.74. The zero-order valence-corrected chi connectivity index (χ0v) is 20.3. The summed E-state index contributed by atoms with van der Waals surface area (Å²) in [6, 6.07) is 8.72. The van der Waals surface area contributed by atoms with Gasteiger partial charge < -0.3 is 15.4 Å². The summed E-state index contributed by atoms with van der Waals surface area (Å²) in [4.78, 5) is 16.8. The van der Waals surface area contributed by atoms with Crippen molar-refractivity contribution >= 4 is 5.91 Å². The van der Waals surface area contributed by atoms with E-state index in [-0.39, 0.29) is 23.6 Å². The van der Waals surface area contributed by atoms with E-state index >= 15 is 0 Å². The lowest BCUT2D eigenvalue weighted by atomic mass is 9.96. The Balaban J connectivity index is 1.62. The summed E-state index contributed by atoms with van der Waals surface area (Å²) < 4.78 is 44.4. The van der Waals surface area contributed by atoms with Crippen LogP contribution < -0.4 is 10.5 Å². The van der Waals surface area contributed by atoms with Crippen LogP contribution >= 0.6 is 0 Å². The number of nitrogens with two attached hydrogens (primary N) is 1. The summed E-state index contributed by atoms with van der Waals surface area (Å²) in [7, 11) is 0. The molecular formula is C26H34F3N3O2. The molecule has 5 nitrogen and oxygen atoms in total. The number of amides is 1. The number of benzene rings is 2. The van der Waals surface area contributed by atoms with Gasteiger partial charge in [-0.2, -0.15) is 13.2 Å². The third-order valence-corrected chi connectivity index (χ3v) is 6.74. The molecule has 0 aliphatic carbocycles. The molecule has 2 atom stereocenters. The van der Waals surface area contributed by atoms with E-state index < -0.39 is 11.7 Å². The van der Waals surface area contributed by atoms with Gasteiger partial charge in [0, 0.05) is 37.8 Å². The van der Waals surface area contributed by atoms with Crippen LogP contribution in [0.4, 0.5) is 13.2 Å². The van der Waals surface area contributed by atoms with Gasteiger partial charge in [-0.15, -0.1) is 0 Å². The topological polar surface area (TPSA) is 58.8 Å². The summed E-state index contributed by atoms with van der Waals surface area (Å²) in [6.45, 7) is 11.4. The molecule has 186 valence electrons. The lowest BCUT2D eigenvalue weighted by molar-refractivity contribution is -0.137. The number of rotatable bonds is 7. The van der Waals surface area contributed by atoms with Gasteiger partial charge in [-0.3, -0.25) is 9.69 Å². The quantitative estimate of drug-likeness (QED) is 0.613. The van der Waals surface area contributed by atoms with Crippen LogP contribution in [0, 0.1) is 13.8 Å². The van der Waals surface area contributed by atoms with E-state index in [1.54, 1.807) is 4.90 Å². The maximum Gasteiger partial charge on any atom is 0.416 e. The number of hydrogen-bond donors (Lipinski definition) is 1. The van der Waals surface area contributed by atoms with Crippen molar-refractivity contribution in [1.82, 2.24) is 9.80 Å². The highest BCUT2D eigenvalue weighted by Gasteiger charge is 2.31. The molecule has 1 saturated heterocycles. The number of carbonyl (C=O) groups excluding carboxylic acids is 1. The number of carbonyl (C=O) groups is 1. The summed E-state index contributed by atoms with van der Waals surface area (Å²) in [5, 5.41) is 0. The molecule has 1 fully saturated rings. The first-order chi connectivity index (χ1) is 16.0. The van der Waals surface area contributed by atoms with Gasteiger partial charge in [-0.1, -0.05) is 6.07 Å². The fourth-order valence-electron chi connectivity index (χ4n) is 4.40. The number of ether oxygens (including phenoxy) is 1. The Morgan fingerprint density at radius 3 is 2.18 bits per heavy atom. The smallest absolute Gasteiger partial charge is 0.416 e. The number of hydrogen-bond acceptors (Lipinski definition) is 4. The van der Waals surface area contributed by atoms with Crippen molar-refractivity contribution in [2.24, 2.45) is 5.73 Å². The molecule has 1 aliphatic heterocycles. The monoisotopic (exact) mass is 477 g/mol. The van der Waals surface area contributed by atoms with Gasteiger partial charge in [0.2, 0.25) is 0 Å². The molecule has 8 heteroatoms. The fraction of sp³-hybridized carbons (Fsp3) is 0.500. The van der Waals surface area contributed by atoms with Crippen LogP contribution in [-0.4, -0.2) is 54.5 Å². The van der Waals surface area contributed by atoms with Gasteiger partial charge in [0.25, 0.3) is 5.91 Å². The van der Waals surface area contributed by atoms with Gasteiger partial charge >= 0.3 is 6.18 Å². The minimum Gasteiger partial charge on any atom is -0.490 e. The first-order valence-corrected chi connectivity index (χ1v) is 11.7. The number of halogens is 3. The Bertz CT molecular complexity index is 984. The molecule has 34 heavy (non-hydrogen) atoms. The summed E-state index contributed by atoms with van der Waals surface area (Å²) in [6.07, 6.45) is -3.56. The molecule has 0 bridgehead atoms. The van der Waals surface area contributed by atoms with E-state index in [1.165, 1.54) is 23.3 Å². The van der Waals surface area contributed by atoms with Crippen molar-refractivity contribution in [3.8, 4) is 5.75 Å². The predicted molar refractivity (Wildman–Crippen MR) is 127 cm³/mol. The largest absolute Gasteiger partial charge is 0.490 e. The zero-order chi connectivity index (χ0) is 25.0. The van der Waals surface area contributed by atoms with Gasteiger partial charge in [0.05, 0.1) is 11.7 Å². The Morgan fingerprint density at radius 1 is 1.00 bits per heavy atom. The molecule has 1 amide bonds. The van der Waals surface area contributed by atoms with Gasteiger partial charge in [-0.25, -0.2) is 0 Å². The van der Waals surface area contributed by atoms with Crippen LogP contribution in [0.25, 0.3) is 0 Å². The molecule has 0 saturated carbocycles. The highest BCUT2D eigenvalue weighted by Crippen LogP contribution is 2.32. The maximum atomic E-state index is 12.8. The van der Waals surface area contributed by atoms with E-state index in [0.29, 0.717) is 32.7 Å². The van der Waals surface area contributed by atoms with Crippen molar-refractivity contribution in [2.45, 2.75) is 52.4 Å². The molecule has 1 heterocycles. The molecule has 2 unspecified atom stereocenters. The molecule has 1 aliphatic rings. The maximum absolute atomic E-state index is 12.8. The molecule has 2 aromatic carbocycles. The Hall–Kier alpha value is -2.58. The van der Waals surface area contributed by atoms with E-state index in [4.69, 9.17) is 10.5 Å². The highest BCUT2D eigenvalue weighted by atomic mass is 19.4. The van der Waals surface area contributed by atoms with Gasteiger partial charge in [0.1, 0.15) is 5.75 Å². The standard InChI is InChI=1S/C26H34F3N3O2/c1-17(11-12-30)34-24-10-9-23(18(2)19(24)3)20(4)31-13-15-32(16-14-31)25(33)21-5-7-22(8-6-21)26(27,28)29/h5-10,17,20H,11-16,30H2,1-4H3. The Kier molecular flexibility index (Phi) is 8.25. The lowest BCUT2D eigenvalue weighted by Gasteiger charge is -2.39. The zero-order valence-electron chi connectivity index (χ0n) is 20.3. The fourth-order valence-corrected chi connectivity index (χ4v) is 4.40. The van der Waals surface area contributed by atoms with Crippen molar-refractivity contribution in [1.29, 1.82) is 0 Å². The van der Waals surface area contributed by atoms with Gasteiger partial charge in [-0.05, 0) is 87.7 Å². The molecule has 0 aromatic heterocycles. The minimum atomic E-state index is -4.41. The summed E-state index contributed by atoms with van der Waals surface area (Å²) >= 11 is 0. The number of piperazine rings is 1. The normalized spacial score (nSPS) is 16.9. The molecule has 2 aromatic rings. The van der Waals surface area contributed by atoms with Crippen LogP contribution in [0.1, 0.15) is 58.9 Å². The van der Waals surface area contributed by atoms with Crippen LogP contribution in [0.3, 0.4) is 0 Å². The van der Waals surface area contributed by atoms with Crippen LogP contribution in [0.2, 0.25) is 0 Å². The van der Waals surface area contributed by atoms with Crippen molar-refractivity contribution in [3.05, 3.63) is 64.2 Å². The van der Waals surface area contributed by atoms with E-state index in [0.717, 1.165) is 29.9 Å². The first kappa shape index (κ1) is 26.0. The third kappa shape index (κ3) is 5.91. The van der Waals surface area contributed by atoms with Crippen molar-refractivity contribution < 1.29 is 22.7 Å². The molecular weight excluding hydrogens is 443 g/mol. The Labute approximate surface area is 199 Å². The molecule has 0 spiro atoms. The molecule has 2 N–H and O–H groups in total.